The predicted octanol–water partition coefficient (Wildman–Crippen LogP) is 3.51. The van der Waals surface area contributed by atoms with Crippen LogP contribution >= 0.6 is 11.6 Å². The highest BCUT2D eigenvalue weighted by molar-refractivity contribution is 6.38. The van der Waals surface area contributed by atoms with Crippen molar-refractivity contribution in [2.45, 2.75) is 6.92 Å². The van der Waals surface area contributed by atoms with Crippen LogP contribution in [-0.2, 0) is 7.05 Å². The molecule has 0 unspecified atom stereocenters. The number of amides is 1. The van der Waals surface area contributed by atoms with Gasteiger partial charge in [0.25, 0.3) is 5.91 Å². The average molecular weight is 396 g/mol. The van der Waals surface area contributed by atoms with Crippen LogP contribution < -0.4 is 10.6 Å². The summed E-state index contributed by atoms with van der Waals surface area (Å²) in [6, 6.07) is 10.9. The molecule has 0 saturated heterocycles. The number of rotatable bonds is 5. The summed E-state index contributed by atoms with van der Waals surface area (Å²) in [5, 5.41) is 18.7. The number of aryl methyl sites for hydroxylation is 1. The summed E-state index contributed by atoms with van der Waals surface area (Å²) in [6.07, 6.45) is 1.68. The first-order chi connectivity index (χ1) is 13.6. The van der Waals surface area contributed by atoms with Gasteiger partial charge in [0.2, 0.25) is 5.95 Å². The number of carbonyl (C=O) groups is 1. The normalized spacial score (nSPS) is 11.0. The molecule has 0 fully saturated rings. The van der Waals surface area contributed by atoms with E-state index in [1.54, 1.807) is 30.1 Å². The Morgan fingerprint density at radius 1 is 1.21 bits per heavy atom. The van der Waals surface area contributed by atoms with E-state index in [1.165, 1.54) is 0 Å². The molecule has 0 bridgehead atoms. The zero-order valence-corrected chi connectivity index (χ0v) is 16.1. The Morgan fingerprint density at radius 2 is 2.00 bits per heavy atom. The number of hydrogen-bond acceptors (Lipinski definition) is 5. The molecular weight excluding hydrogens is 378 g/mol. The number of benzene rings is 2. The van der Waals surface area contributed by atoms with Crippen molar-refractivity contribution in [3.05, 3.63) is 53.2 Å². The summed E-state index contributed by atoms with van der Waals surface area (Å²) in [6.45, 7) is 2.47. The topological polar surface area (TPSA) is 101 Å². The molecule has 0 saturated carbocycles. The summed E-state index contributed by atoms with van der Waals surface area (Å²) in [5.41, 5.74) is 2.98. The molecule has 2 aromatic carbocycles. The third kappa shape index (κ3) is 3.29. The zero-order chi connectivity index (χ0) is 19.7. The second kappa shape index (κ2) is 7.32. The molecule has 28 heavy (non-hydrogen) atoms. The quantitative estimate of drug-likeness (QED) is 0.480. The Hall–Kier alpha value is -3.39. The number of nitrogens with one attached hydrogen (secondary N) is 3. The van der Waals surface area contributed by atoms with E-state index in [4.69, 9.17) is 11.6 Å². The van der Waals surface area contributed by atoms with Gasteiger partial charge in [0.15, 0.2) is 5.82 Å². The lowest BCUT2D eigenvalue weighted by atomic mass is 10.1. The summed E-state index contributed by atoms with van der Waals surface area (Å²) < 4.78 is 1.64. The number of aromatic amines is 1. The summed E-state index contributed by atoms with van der Waals surface area (Å²) in [4.78, 5) is 16.4. The van der Waals surface area contributed by atoms with Gasteiger partial charge in [-0.15, -0.1) is 5.10 Å². The van der Waals surface area contributed by atoms with Crippen LogP contribution in [0.2, 0.25) is 5.02 Å². The Morgan fingerprint density at radius 3 is 2.75 bits per heavy atom. The lowest BCUT2D eigenvalue weighted by Crippen LogP contribution is -2.22. The molecule has 2 heterocycles. The SMILES string of the molecule is CCNC(=O)c1ccc(-c2nc(Nc3ccc4[nH]ncc4c3Cl)n(C)n2)cc1. The molecule has 142 valence electrons. The number of fused-ring (bicyclic) bond motifs is 1. The molecule has 0 aliphatic carbocycles. The van der Waals surface area contributed by atoms with Crippen molar-refractivity contribution < 1.29 is 4.79 Å². The van der Waals surface area contributed by atoms with Crippen LogP contribution in [0.5, 0.6) is 0 Å². The predicted molar refractivity (Wildman–Crippen MR) is 109 cm³/mol. The Balaban J connectivity index is 1.59. The number of halogens is 1. The second-order valence-electron chi connectivity index (χ2n) is 6.20. The van der Waals surface area contributed by atoms with Gasteiger partial charge < -0.3 is 10.6 Å². The van der Waals surface area contributed by atoms with Gasteiger partial charge in [0, 0.05) is 30.1 Å². The van der Waals surface area contributed by atoms with Gasteiger partial charge in [0.05, 0.1) is 22.4 Å². The number of aromatic nitrogens is 5. The lowest BCUT2D eigenvalue weighted by molar-refractivity contribution is 0.0956. The van der Waals surface area contributed by atoms with Gasteiger partial charge in [-0.05, 0) is 31.2 Å². The van der Waals surface area contributed by atoms with Gasteiger partial charge in [-0.2, -0.15) is 10.1 Å². The van der Waals surface area contributed by atoms with E-state index in [2.05, 4.69) is 30.9 Å². The summed E-state index contributed by atoms with van der Waals surface area (Å²) in [5.74, 6) is 0.996. The molecule has 4 aromatic rings. The van der Waals surface area contributed by atoms with Crippen molar-refractivity contribution in [2.75, 3.05) is 11.9 Å². The van der Waals surface area contributed by atoms with Crippen molar-refractivity contribution in [3.8, 4) is 11.4 Å². The van der Waals surface area contributed by atoms with Crippen LogP contribution in [0.1, 0.15) is 17.3 Å². The fourth-order valence-electron chi connectivity index (χ4n) is 2.85. The fourth-order valence-corrected chi connectivity index (χ4v) is 3.11. The summed E-state index contributed by atoms with van der Waals surface area (Å²) in [7, 11) is 1.80. The van der Waals surface area contributed by atoms with E-state index in [9.17, 15) is 4.79 Å². The van der Waals surface area contributed by atoms with E-state index in [1.807, 2.05) is 31.2 Å². The number of nitrogens with zero attached hydrogens (tertiary/aromatic N) is 4. The van der Waals surface area contributed by atoms with E-state index < -0.39 is 0 Å². The van der Waals surface area contributed by atoms with Gasteiger partial charge in [-0.25, -0.2) is 4.68 Å². The highest BCUT2D eigenvalue weighted by atomic mass is 35.5. The number of hydrogen-bond donors (Lipinski definition) is 3. The molecule has 9 heteroatoms. The molecule has 0 aliphatic rings. The Kier molecular flexibility index (Phi) is 4.70. The zero-order valence-electron chi connectivity index (χ0n) is 15.3. The maximum absolute atomic E-state index is 11.9. The van der Waals surface area contributed by atoms with Crippen LogP contribution in [0.4, 0.5) is 11.6 Å². The van der Waals surface area contributed by atoms with Gasteiger partial charge in [-0.3, -0.25) is 9.89 Å². The molecular formula is C19H18ClN7O. The number of anilines is 2. The molecule has 0 radical (unpaired) electrons. The first kappa shape index (κ1) is 18.0. The van der Waals surface area contributed by atoms with Crippen LogP contribution in [0.25, 0.3) is 22.3 Å². The van der Waals surface area contributed by atoms with Crippen LogP contribution in [-0.4, -0.2) is 37.4 Å². The first-order valence-corrected chi connectivity index (χ1v) is 9.13. The summed E-state index contributed by atoms with van der Waals surface area (Å²) >= 11 is 6.46. The molecule has 0 spiro atoms. The van der Waals surface area contributed by atoms with E-state index in [-0.39, 0.29) is 5.91 Å². The minimum Gasteiger partial charge on any atom is -0.352 e. The molecule has 0 aliphatic heterocycles. The van der Waals surface area contributed by atoms with Gasteiger partial charge >= 0.3 is 0 Å². The molecule has 8 nitrogen and oxygen atoms in total. The smallest absolute Gasteiger partial charge is 0.251 e. The van der Waals surface area contributed by atoms with E-state index in [0.717, 1.165) is 16.5 Å². The van der Waals surface area contributed by atoms with Crippen molar-refractivity contribution in [1.82, 2.24) is 30.3 Å². The minimum atomic E-state index is -0.102. The molecule has 2 aromatic heterocycles. The monoisotopic (exact) mass is 395 g/mol. The standard InChI is InChI=1S/C19H18ClN7O/c1-3-21-18(28)12-6-4-11(5-7-12)17-24-19(27(2)26-17)23-15-9-8-14-13(16(15)20)10-22-25-14/h4-10H,3H2,1-2H3,(H,21,28)(H,22,25)(H,23,24,26). The van der Waals surface area contributed by atoms with Crippen molar-refractivity contribution in [3.63, 3.8) is 0 Å². The van der Waals surface area contributed by atoms with Crippen molar-refractivity contribution in [1.29, 1.82) is 0 Å². The molecule has 1 amide bonds. The third-order valence-electron chi connectivity index (χ3n) is 4.31. The van der Waals surface area contributed by atoms with Crippen LogP contribution in [0, 0.1) is 0 Å². The molecule has 0 atom stereocenters. The van der Waals surface area contributed by atoms with Gasteiger partial charge in [-0.1, -0.05) is 23.7 Å². The first-order valence-electron chi connectivity index (χ1n) is 8.75. The highest BCUT2D eigenvalue weighted by Crippen LogP contribution is 2.32. The minimum absolute atomic E-state index is 0.102. The Labute approximate surface area is 165 Å². The van der Waals surface area contributed by atoms with E-state index in [0.29, 0.717) is 34.6 Å². The molecule has 3 N–H and O–H groups in total. The van der Waals surface area contributed by atoms with Crippen LogP contribution in [0.3, 0.4) is 0 Å². The maximum atomic E-state index is 11.9. The van der Waals surface area contributed by atoms with Gasteiger partial charge in [0.1, 0.15) is 0 Å². The van der Waals surface area contributed by atoms with E-state index >= 15 is 0 Å². The van der Waals surface area contributed by atoms with Crippen LogP contribution in [0.15, 0.2) is 42.6 Å². The second-order valence-corrected chi connectivity index (χ2v) is 6.58. The average Bonchev–Trinajstić information content (AvgIpc) is 3.32. The Bertz CT molecular complexity index is 1150. The maximum Gasteiger partial charge on any atom is 0.251 e. The third-order valence-corrected chi connectivity index (χ3v) is 4.72. The number of carbonyl (C=O) groups excluding carboxylic acids is 1. The fraction of sp³-hybridized carbons (Fsp3) is 0.158. The number of H-pyrrole nitrogens is 1. The lowest BCUT2D eigenvalue weighted by Gasteiger charge is -2.07. The largest absolute Gasteiger partial charge is 0.352 e. The van der Waals surface area contributed by atoms with Crippen molar-refractivity contribution in [2.24, 2.45) is 7.05 Å². The molecule has 4 rings (SSSR count). The highest BCUT2D eigenvalue weighted by Gasteiger charge is 2.13. The van der Waals surface area contributed by atoms with Crippen molar-refractivity contribution >= 4 is 40.0 Å².